The molecule has 0 saturated heterocycles. The highest BCUT2D eigenvalue weighted by molar-refractivity contribution is 5.78. The van der Waals surface area contributed by atoms with Gasteiger partial charge in [-0.05, 0) is 14.1 Å². The summed E-state index contributed by atoms with van der Waals surface area (Å²) in [5, 5.41) is 9.28. The number of aliphatic carboxylic acids is 1. The highest BCUT2D eigenvalue weighted by atomic mass is 16.5. The lowest BCUT2D eigenvalue weighted by Crippen LogP contribution is -2.49. The van der Waals surface area contributed by atoms with E-state index in [0.29, 0.717) is 5.56 Å². The molecule has 0 radical (unpaired) electrons. The number of benzene rings is 1. The summed E-state index contributed by atoms with van der Waals surface area (Å²) >= 11 is 0. The first-order valence-electron chi connectivity index (χ1n) is 4.57. The maximum atomic E-state index is 11.3. The van der Waals surface area contributed by atoms with Gasteiger partial charge < -0.3 is 9.84 Å². The maximum absolute atomic E-state index is 11.3. The molecule has 1 rings (SSSR count). The van der Waals surface area contributed by atoms with Gasteiger partial charge in [0.05, 0.1) is 0 Å². The van der Waals surface area contributed by atoms with Gasteiger partial charge in [-0.25, -0.2) is 4.79 Å². The van der Waals surface area contributed by atoms with Crippen molar-refractivity contribution in [3.63, 3.8) is 0 Å². The minimum absolute atomic E-state index is 0.602. The zero-order chi connectivity index (χ0) is 11.5. The molecule has 0 bridgehead atoms. The molecule has 1 N–H and O–H groups in total. The van der Waals surface area contributed by atoms with Crippen LogP contribution in [0.4, 0.5) is 0 Å². The summed E-state index contributed by atoms with van der Waals surface area (Å²) in [5.41, 5.74) is -0.814. The fraction of sp³-hybridized carbons (Fsp3) is 0.364. The van der Waals surface area contributed by atoms with Crippen molar-refractivity contribution in [1.82, 2.24) is 4.90 Å². The van der Waals surface area contributed by atoms with Crippen molar-refractivity contribution >= 4 is 5.97 Å². The van der Waals surface area contributed by atoms with Crippen LogP contribution >= 0.6 is 0 Å². The van der Waals surface area contributed by atoms with Crippen LogP contribution in [0.5, 0.6) is 0 Å². The van der Waals surface area contributed by atoms with Gasteiger partial charge in [-0.15, -0.1) is 0 Å². The summed E-state index contributed by atoms with van der Waals surface area (Å²) < 4.78 is 5.17. The highest BCUT2D eigenvalue weighted by Gasteiger charge is 2.43. The molecule has 0 fully saturated rings. The molecule has 4 heteroatoms. The standard InChI is InChI=1S/C11H15NO3/c1-12(2)11(15-3,10(13)14)9-7-5-4-6-8-9/h4-8H,1-3H3,(H,13,14). The van der Waals surface area contributed by atoms with E-state index in [1.807, 2.05) is 6.07 Å². The van der Waals surface area contributed by atoms with E-state index in [0.717, 1.165) is 0 Å². The number of carboxylic acids is 1. The Labute approximate surface area is 89.1 Å². The van der Waals surface area contributed by atoms with Gasteiger partial charge in [0.1, 0.15) is 0 Å². The summed E-state index contributed by atoms with van der Waals surface area (Å²) in [4.78, 5) is 12.9. The Morgan fingerprint density at radius 1 is 1.33 bits per heavy atom. The van der Waals surface area contributed by atoms with Crippen LogP contribution in [-0.4, -0.2) is 37.2 Å². The van der Waals surface area contributed by atoms with Gasteiger partial charge in [0.15, 0.2) is 0 Å². The Kier molecular flexibility index (Phi) is 3.44. The summed E-state index contributed by atoms with van der Waals surface area (Å²) in [6, 6.07) is 8.88. The van der Waals surface area contributed by atoms with Crippen LogP contribution in [0.1, 0.15) is 5.56 Å². The van der Waals surface area contributed by atoms with Gasteiger partial charge >= 0.3 is 5.97 Å². The maximum Gasteiger partial charge on any atom is 0.356 e. The molecule has 1 aromatic carbocycles. The molecule has 0 amide bonds. The van der Waals surface area contributed by atoms with Crippen molar-refractivity contribution in [2.24, 2.45) is 0 Å². The van der Waals surface area contributed by atoms with Gasteiger partial charge in [0.2, 0.25) is 5.72 Å². The lowest BCUT2D eigenvalue weighted by atomic mass is 10.0. The normalized spacial score (nSPS) is 14.9. The Balaban J connectivity index is 3.28. The monoisotopic (exact) mass is 209 g/mol. The Bertz CT molecular complexity index is 337. The Morgan fingerprint density at radius 2 is 1.87 bits per heavy atom. The van der Waals surface area contributed by atoms with Crippen LogP contribution in [-0.2, 0) is 15.3 Å². The molecule has 1 atom stereocenters. The lowest BCUT2D eigenvalue weighted by molar-refractivity contribution is -0.187. The molecule has 1 unspecified atom stereocenters. The molecule has 0 aliphatic heterocycles. The number of nitrogens with zero attached hydrogens (tertiary/aromatic N) is 1. The first-order valence-corrected chi connectivity index (χ1v) is 4.57. The second kappa shape index (κ2) is 4.42. The van der Waals surface area contributed by atoms with E-state index in [4.69, 9.17) is 4.74 Å². The molecular weight excluding hydrogens is 194 g/mol. The largest absolute Gasteiger partial charge is 0.478 e. The lowest BCUT2D eigenvalue weighted by Gasteiger charge is -2.34. The number of carboxylic acid groups (broad SMARTS) is 1. The van der Waals surface area contributed by atoms with Gasteiger partial charge in [-0.3, -0.25) is 4.90 Å². The molecule has 15 heavy (non-hydrogen) atoms. The third-order valence-electron chi connectivity index (χ3n) is 2.38. The summed E-state index contributed by atoms with van der Waals surface area (Å²) in [6.07, 6.45) is 0. The van der Waals surface area contributed by atoms with Crippen molar-refractivity contribution in [2.75, 3.05) is 21.2 Å². The zero-order valence-corrected chi connectivity index (χ0v) is 9.10. The third kappa shape index (κ3) is 1.86. The van der Waals surface area contributed by atoms with Crippen LogP contribution in [0, 0.1) is 0 Å². The molecule has 0 aliphatic carbocycles. The van der Waals surface area contributed by atoms with Gasteiger partial charge in [-0.2, -0.15) is 0 Å². The number of ether oxygens (including phenoxy) is 1. The van der Waals surface area contributed by atoms with E-state index in [2.05, 4.69) is 0 Å². The van der Waals surface area contributed by atoms with Crippen LogP contribution in [0.15, 0.2) is 30.3 Å². The Morgan fingerprint density at radius 3 is 2.20 bits per heavy atom. The fourth-order valence-electron chi connectivity index (χ4n) is 1.62. The molecule has 82 valence electrons. The summed E-state index contributed by atoms with van der Waals surface area (Å²) in [7, 11) is 4.73. The highest BCUT2D eigenvalue weighted by Crippen LogP contribution is 2.27. The van der Waals surface area contributed by atoms with Crippen molar-refractivity contribution in [2.45, 2.75) is 5.72 Å². The molecule has 1 aromatic rings. The van der Waals surface area contributed by atoms with Crippen molar-refractivity contribution in [3.8, 4) is 0 Å². The number of methoxy groups -OCH3 is 1. The quantitative estimate of drug-likeness (QED) is 0.755. The van der Waals surface area contributed by atoms with E-state index in [-0.39, 0.29) is 0 Å². The molecule has 0 aliphatic rings. The van der Waals surface area contributed by atoms with Gasteiger partial charge in [0, 0.05) is 12.7 Å². The van der Waals surface area contributed by atoms with Crippen LogP contribution in [0.2, 0.25) is 0 Å². The average Bonchev–Trinajstić information content (AvgIpc) is 2.20. The average molecular weight is 209 g/mol. The fourth-order valence-corrected chi connectivity index (χ4v) is 1.62. The van der Waals surface area contributed by atoms with E-state index in [1.54, 1.807) is 38.4 Å². The van der Waals surface area contributed by atoms with E-state index in [9.17, 15) is 9.90 Å². The number of hydrogen-bond donors (Lipinski definition) is 1. The smallest absolute Gasteiger partial charge is 0.356 e. The number of carbonyl (C=O) groups is 1. The van der Waals surface area contributed by atoms with Gasteiger partial charge in [0.25, 0.3) is 0 Å². The first kappa shape index (κ1) is 11.7. The third-order valence-corrected chi connectivity index (χ3v) is 2.38. The van der Waals surface area contributed by atoms with E-state index >= 15 is 0 Å². The summed E-state index contributed by atoms with van der Waals surface area (Å²) in [6.45, 7) is 0. The predicted molar refractivity (Wildman–Crippen MR) is 56.5 cm³/mol. The Hall–Kier alpha value is -1.39. The number of rotatable bonds is 4. The predicted octanol–water partition coefficient (Wildman–Crippen LogP) is 1.13. The van der Waals surface area contributed by atoms with Crippen LogP contribution < -0.4 is 0 Å². The van der Waals surface area contributed by atoms with Crippen molar-refractivity contribution < 1.29 is 14.6 Å². The first-order chi connectivity index (χ1) is 7.05. The van der Waals surface area contributed by atoms with Crippen LogP contribution in [0.25, 0.3) is 0 Å². The molecule has 4 nitrogen and oxygen atoms in total. The second-order valence-corrected chi connectivity index (χ2v) is 3.41. The minimum Gasteiger partial charge on any atom is -0.478 e. The number of hydrogen-bond acceptors (Lipinski definition) is 3. The topological polar surface area (TPSA) is 49.8 Å². The SMILES string of the molecule is COC(C(=O)O)(c1ccccc1)N(C)C. The van der Waals surface area contributed by atoms with E-state index < -0.39 is 11.7 Å². The zero-order valence-electron chi connectivity index (χ0n) is 9.10. The van der Waals surface area contributed by atoms with Crippen LogP contribution in [0.3, 0.4) is 0 Å². The molecule has 0 heterocycles. The van der Waals surface area contributed by atoms with Crippen molar-refractivity contribution in [1.29, 1.82) is 0 Å². The van der Waals surface area contributed by atoms with E-state index in [1.165, 1.54) is 12.0 Å². The van der Waals surface area contributed by atoms with Gasteiger partial charge in [-0.1, -0.05) is 30.3 Å². The molecular formula is C11H15NO3. The second-order valence-electron chi connectivity index (χ2n) is 3.41. The molecule has 0 spiro atoms. The minimum atomic E-state index is -1.42. The molecule has 0 aromatic heterocycles. The summed E-state index contributed by atoms with van der Waals surface area (Å²) in [5.74, 6) is -1.03. The number of likely N-dealkylation sites (N-methyl/N-ethyl adjacent to an activating group) is 1. The van der Waals surface area contributed by atoms with Crippen molar-refractivity contribution in [3.05, 3.63) is 35.9 Å². The molecule has 0 saturated carbocycles.